The molecule has 1 fully saturated rings. The fourth-order valence-electron chi connectivity index (χ4n) is 4.56. The van der Waals surface area contributed by atoms with Gasteiger partial charge in [-0.15, -0.1) is 0 Å². The first-order valence-corrected chi connectivity index (χ1v) is 12.4. The van der Waals surface area contributed by atoms with Crippen LogP contribution in [-0.4, -0.2) is 42.1 Å². The molecule has 0 bridgehead atoms. The number of alkyl halides is 3. The number of hydrogen-bond acceptors (Lipinski definition) is 5. The van der Waals surface area contributed by atoms with Gasteiger partial charge in [-0.25, -0.2) is 4.98 Å². The van der Waals surface area contributed by atoms with E-state index in [0.29, 0.717) is 42.4 Å². The summed E-state index contributed by atoms with van der Waals surface area (Å²) in [5.41, 5.74) is 4.01. The van der Waals surface area contributed by atoms with E-state index in [1.165, 1.54) is 6.07 Å². The number of carbonyl (C=O) groups excluding carboxylic acids is 1. The van der Waals surface area contributed by atoms with Gasteiger partial charge in [0.1, 0.15) is 5.69 Å². The van der Waals surface area contributed by atoms with Crippen LogP contribution in [0.25, 0.3) is 11.3 Å². The summed E-state index contributed by atoms with van der Waals surface area (Å²) in [5.74, 6) is -0.374. The van der Waals surface area contributed by atoms with Gasteiger partial charge in [0.25, 0.3) is 5.91 Å². The second kappa shape index (κ2) is 10.8. The number of rotatable bonds is 5. The Morgan fingerprint density at radius 3 is 2.63 bits per heavy atom. The van der Waals surface area contributed by atoms with Gasteiger partial charge >= 0.3 is 6.18 Å². The van der Waals surface area contributed by atoms with Gasteiger partial charge in [0.15, 0.2) is 0 Å². The van der Waals surface area contributed by atoms with Crippen molar-refractivity contribution in [1.29, 1.82) is 0 Å². The molecule has 2 N–H and O–H groups in total. The first-order chi connectivity index (χ1) is 18.3. The largest absolute Gasteiger partial charge is 0.416 e. The summed E-state index contributed by atoms with van der Waals surface area (Å²) in [6.45, 7) is 5.47. The number of para-hydroxylation sites is 1. The number of nitrogens with zero attached hydrogens (tertiary/aromatic N) is 2. The number of carbonyl (C=O) groups is 1. The molecule has 2 aliphatic rings. The van der Waals surface area contributed by atoms with E-state index in [0.717, 1.165) is 42.1 Å². The second-order valence-electron chi connectivity index (χ2n) is 9.09. The number of fused-ring (bicyclic) bond motifs is 1. The second-order valence-corrected chi connectivity index (χ2v) is 9.09. The smallest absolute Gasteiger partial charge is 0.379 e. The Bertz CT molecular complexity index is 1410. The quantitative estimate of drug-likeness (QED) is 0.429. The van der Waals surface area contributed by atoms with Crippen LogP contribution in [0.2, 0.25) is 0 Å². The summed E-state index contributed by atoms with van der Waals surface area (Å²) in [6.07, 6.45) is -0.759. The summed E-state index contributed by atoms with van der Waals surface area (Å²) in [5, 5.41) is 6.18. The normalized spacial score (nSPS) is 16.9. The number of nitrogens with one attached hydrogen (secondary N) is 2. The van der Waals surface area contributed by atoms with Crippen LogP contribution < -0.4 is 10.6 Å². The predicted octanol–water partition coefficient (Wildman–Crippen LogP) is 6.05. The van der Waals surface area contributed by atoms with E-state index in [1.54, 1.807) is 24.3 Å². The molecular weight excluding hydrogens is 493 g/mol. The number of hydrogen-bond donors (Lipinski definition) is 2. The van der Waals surface area contributed by atoms with Crippen LogP contribution in [0.3, 0.4) is 0 Å². The van der Waals surface area contributed by atoms with Crippen LogP contribution in [-0.2, 0) is 17.5 Å². The molecule has 0 spiro atoms. The van der Waals surface area contributed by atoms with Crippen LogP contribution in [0.1, 0.15) is 39.8 Å². The number of pyridine rings is 1. The molecule has 0 radical (unpaired) electrons. The molecule has 0 unspecified atom stereocenters. The lowest BCUT2D eigenvalue weighted by Crippen LogP contribution is -2.36. The zero-order chi connectivity index (χ0) is 26.7. The van der Waals surface area contributed by atoms with Crippen molar-refractivity contribution < 1.29 is 22.7 Å². The molecule has 1 amide bonds. The molecule has 0 aliphatic carbocycles. The third-order valence-electron chi connectivity index (χ3n) is 6.52. The standard InChI is InChI=1S/C29H27F3N4O2/c1-2-19-17-26(20-6-3-7-21(16-20)29(30,31)32)34-27-23(19)9-5-10-24(27)35-28(37)25-11-4-8-22(33-25)18-36-12-14-38-15-13-36/h2-11,16-17,34H,12-15,18H2,1H3,(H,35,37). The van der Waals surface area contributed by atoms with E-state index in [2.05, 4.69) is 20.5 Å². The summed E-state index contributed by atoms with van der Waals surface area (Å²) < 4.78 is 45.4. The van der Waals surface area contributed by atoms with Crippen LogP contribution in [0, 0.1) is 0 Å². The van der Waals surface area contributed by atoms with Crippen molar-refractivity contribution in [3.8, 4) is 0 Å². The highest BCUT2D eigenvalue weighted by Crippen LogP contribution is 2.40. The van der Waals surface area contributed by atoms with Crippen molar-refractivity contribution in [2.75, 3.05) is 36.9 Å². The van der Waals surface area contributed by atoms with Crippen molar-refractivity contribution >= 4 is 28.6 Å². The van der Waals surface area contributed by atoms with Gasteiger partial charge in [-0.2, -0.15) is 13.2 Å². The van der Waals surface area contributed by atoms with Crippen LogP contribution in [0.4, 0.5) is 24.5 Å². The van der Waals surface area contributed by atoms with Crippen LogP contribution in [0.5, 0.6) is 0 Å². The highest BCUT2D eigenvalue weighted by molar-refractivity contribution is 6.08. The van der Waals surface area contributed by atoms with Gasteiger partial charge in [0, 0.05) is 30.9 Å². The molecule has 196 valence electrons. The summed E-state index contributed by atoms with van der Waals surface area (Å²) in [7, 11) is 0. The van der Waals surface area contributed by atoms with E-state index in [-0.39, 0.29) is 11.6 Å². The minimum atomic E-state index is -4.45. The Hall–Kier alpha value is -3.95. The van der Waals surface area contributed by atoms with E-state index in [9.17, 15) is 18.0 Å². The van der Waals surface area contributed by atoms with Gasteiger partial charge in [0.2, 0.25) is 0 Å². The van der Waals surface area contributed by atoms with E-state index in [1.807, 2.05) is 37.3 Å². The maximum absolute atomic E-state index is 13.3. The van der Waals surface area contributed by atoms with Crippen LogP contribution in [0.15, 0.2) is 72.8 Å². The molecule has 0 saturated carbocycles. The Labute approximate surface area is 218 Å². The van der Waals surface area contributed by atoms with Crippen molar-refractivity contribution in [2.45, 2.75) is 19.6 Å². The fraction of sp³-hybridized carbons (Fsp3) is 0.241. The fourth-order valence-corrected chi connectivity index (χ4v) is 4.56. The lowest BCUT2D eigenvalue weighted by atomic mass is 9.95. The average molecular weight is 521 g/mol. The van der Waals surface area contributed by atoms with Crippen molar-refractivity contribution in [3.63, 3.8) is 0 Å². The molecule has 38 heavy (non-hydrogen) atoms. The third-order valence-corrected chi connectivity index (χ3v) is 6.52. The Balaban J connectivity index is 1.40. The first-order valence-electron chi connectivity index (χ1n) is 12.4. The predicted molar refractivity (Wildman–Crippen MR) is 141 cm³/mol. The molecule has 1 saturated heterocycles. The lowest BCUT2D eigenvalue weighted by molar-refractivity contribution is -0.137. The summed E-state index contributed by atoms with van der Waals surface area (Å²) in [6, 6.07) is 16.0. The highest BCUT2D eigenvalue weighted by atomic mass is 19.4. The van der Waals surface area contributed by atoms with Crippen molar-refractivity contribution in [1.82, 2.24) is 9.88 Å². The zero-order valence-electron chi connectivity index (χ0n) is 20.8. The molecule has 1 aromatic heterocycles. The Kier molecular flexibility index (Phi) is 7.31. The number of halogens is 3. The summed E-state index contributed by atoms with van der Waals surface area (Å²) in [4.78, 5) is 20.0. The minimum absolute atomic E-state index is 0.282. The van der Waals surface area contributed by atoms with E-state index < -0.39 is 11.7 Å². The molecular formula is C29H27F3N4O2. The average Bonchev–Trinajstić information content (AvgIpc) is 2.93. The number of benzene rings is 2. The number of amides is 1. The van der Waals surface area contributed by atoms with Gasteiger partial charge in [-0.3, -0.25) is 9.69 Å². The maximum atomic E-state index is 13.3. The molecule has 2 aromatic carbocycles. The molecule has 3 aromatic rings. The van der Waals surface area contributed by atoms with Gasteiger partial charge in [0.05, 0.1) is 35.8 Å². The van der Waals surface area contributed by atoms with Crippen molar-refractivity contribution in [3.05, 3.63) is 101 Å². The first kappa shape index (κ1) is 25.7. The zero-order valence-corrected chi connectivity index (χ0v) is 20.8. The molecule has 3 heterocycles. The highest BCUT2D eigenvalue weighted by Gasteiger charge is 2.31. The molecule has 0 atom stereocenters. The van der Waals surface area contributed by atoms with Crippen molar-refractivity contribution in [2.24, 2.45) is 0 Å². The Morgan fingerprint density at radius 2 is 1.87 bits per heavy atom. The van der Waals surface area contributed by atoms with Gasteiger partial charge < -0.3 is 15.4 Å². The maximum Gasteiger partial charge on any atom is 0.416 e. The van der Waals surface area contributed by atoms with E-state index >= 15 is 0 Å². The third kappa shape index (κ3) is 5.64. The number of allylic oxidation sites excluding steroid dienone is 3. The number of anilines is 2. The lowest BCUT2D eigenvalue weighted by Gasteiger charge is -2.26. The van der Waals surface area contributed by atoms with Gasteiger partial charge in [-0.05, 0) is 54.5 Å². The number of ether oxygens (including phenoxy) is 1. The van der Waals surface area contributed by atoms with E-state index in [4.69, 9.17) is 4.74 Å². The number of morpholine rings is 1. The monoisotopic (exact) mass is 520 g/mol. The Morgan fingerprint density at radius 1 is 1.11 bits per heavy atom. The van der Waals surface area contributed by atoms with Crippen LogP contribution >= 0.6 is 0 Å². The molecule has 6 nitrogen and oxygen atoms in total. The summed E-state index contributed by atoms with van der Waals surface area (Å²) >= 11 is 0. The molecule has 9 heteroatoms. The topological polar surface area (TPSA) is 66.5 Å². The minimum Gasteiger partial charge on any atom is -0.379 e. The SMILES string of the molecule is CC=C1C=C(c2cccc(C(F)(F)F)c2)Nc2c(NC(=O)c3cccc(CN4CCOCC4)n3)cccc21. The molecule has 5 rings (SSSR count). The number of aromatic nitrogens is 1. The van der Waals surface area contributed by atoms with Gasteiger partial charge in [-0.1, -0.05) is 36.4 Å². The molecule has 2 aliphatic heterocycles.